The number of amides is 1. The number of carbonyl (C=O) groups is 1. The molecule has 0 bridgehead atoms. The fraction of sp³-hybridized carbons (Fsp3) is 0.200. The van der Waals surface area contributed by atoms with Gasteiger partial charge < -0.3 is 9.73 Å². The van der Waals surface area contributed by atoms with Gasteiger partial charge in [-0.25, -0.2) is 0 Å². The summed E-state index contributed by atoms with van der Waals surface area (Å²) in [7, 11) is 0. The van der Waals surface area contributed by atoms with Crippen LogP contribution in [0.4, 0.5) is 0 Å². The van der Waals surface area contributed by atoms with Gasteiger partial charge in [0.05, 0.1) is 11.6 Å². The number of nitriles is 1. The highest BCUT2D eigenvalue weighted by molar-refractivity contribution is 5.94. The third-order valence-electron chi connectivity index (χ3n) is 2.86. The summed E-state index contributed by atoms with van der Waals surface area (Å²) >= 11 is 0. The minimum absolute atomic E-state index is 0.164. The van der Waals surface area contributed by atoms with Crippen molar-refractivity contribution in [2.75, 3.05) is 0 Å². The first-order valence-electron chi connectivity index (χ1n) is 5.94. The van der Waals surface area contributed by atoms with E-state index in [4.69, 9.17) is 9.68 Å². The van der Waals surface area contributed by atoms with Crippen LogP contribution < -0.4 is 5.32 Å². The van der Waals surface area contributed by atoms with Gasteiger partial charge in [-0.15, -0.1) is 0 Å². The van der Waals surface area contributed by atoms with Crippen LogP contribution in [0.25, 0.3) is 0 Å². The molecule has 0 saturated carbocycles. The average Bonchev–Trinajstić information content (AvgIpc) is 2.74. The molecule has 0 fully saturated rings. The van der Waals surface area contributed by atoms with Crippen molar-refractivity contribution in [3.63, 3.8) is 0 Å². The first kappa shape index (κ1) is 12.9. The zero-order valence-electron chi connectivity index (χ0n) is 10.9. The molecule has 0 aliphatic rings. The first-order valence-corrected chi connectivity index (χ1v) is 5.94. The molecular formula is C15H14N2O2. The molecule has 0 aliphatic carbocycles. The van der Waals surface area contributed by atoms with Gasteiger partial charge in [-0.3, -0.25) is 4.79 Å². The number of rotatable bonds is 3. The second-order valence-electron chi connectivity index (χ2n) is 4.31. The minimum Gasteiger partial charge on any atom is -0.466 e. The molecule has 96 valence electrons. The fourth-order valence-corrected chi connectivity index (χ4v) is 1.83. The first-order chi connectivity index (χ1) is 9.10. The molecule has 1 amide bonds. The Morgan fingerprint density at radius 1 is 1.32 bits per heavy atom. The van der Waals surface area contributed by atoms with Crippen molar-refractivity contribution in [1.82, 2.24) is 5.32 Å². The molecule has 0 atom stereocenters. The highest BCUT2D eigenvalue weighted by Gasteiger charge is 2.08. The summed E-state index contributed by atoms with van der Waals surface area (Å²) in [5.41, 5.74) is 2.05. The summed E-state index contributed by atoms with van der Waals surface area (Å²) in [5, 5.41) is 11.5. The smallest absolute Gasteiger partial charge is 0.251 e. The summed E-state index contributed by atoms with van der Waals surface area (Å²) in [5.74, 6) is 1.49. The molecule has 0 saturated heterocycles. The van der Waals surface area contributed by atoms with Crippen LogP contribution in [0.1, 0.15) is 33.0 Å². The number of hydrogen-bond donors (Lipinski definition) is 1. The van der Waals surface area contributed by atoms with Gasteiger partial charge in [-0.1, -0.05) is 0 Å². The molecule has 0 radical (unpaired) electrons. The lowest BCUT2D eigenvalue weighted by atomic mass is 10.1. The van der Waals surface area contributed by atoms with Crippen molar-refractivity contribution >= 4 is 5.91 Å². The van der Waals surface area contributed by atoms with Crippen LogP contribution in [-0.2, 0) is 6.54 Å². The number of nitrogens with zero attached hydrogens (tertiary/aromatic N) is 1. The highest BCUT2D eigenvalue weighted by atomic mass is 16.3. The molecule has 2 rings (SSSR count). The molecule has 4 heteroatoms. The Labute approximate surface area is 111 Å². The molecule has 19 heavy (non-hydrogen) atoms. The van der Waals surface area contributed by atoms with Gasteiger partial charge in [0.1, 0.15) is 11.5 Å². The summed E-state index contributed by atoms with van der Waals surface area (Å²) in [6, 6.07) is 10.5. The monoisotopic (exact) mass is 254 g/mol. The van der Waals surface area contributed by atoms with Crippen LogP contribution in [0, 0.1) is 25.2 Å². The van der Waals surface area contributed by atoms with Crippen molar-refractivity contribution in [3.05, 3.63) is 58.5 Å². The number of benzene rings is 1. The molecular weight excluding hydrogens is 240 g/mol. The lowest BCUT2D eigenvalue weighted by Crippen LogP contribution is -2.22. The summed E-state index contributed by atoms with van der Waals surface area (Å²) in [6.45, 7) is 4.18. The van der Waals surface area contributed by atoms with Crippen LogP contribution in [0.5, 0.6) is 0 Å². The van der Waals surface area contributed by atoms with E-state index < -0.39 is 0 Å². The maximum Gasteiger partial charge on any atom is 0.251 e. The van der Waals surface area contributed by atoms with Crippen LogP contribution >= 0.6 is 0 Å². The number of furan rings is 1. The van der Waals surface area contributed by atoms with Crippen molar-refractivity contribution in [2.24, 2.45) is 0 Å². The van der Waals surface area contributed by atoms with Gasteiger partial charge in [0.2, 0.25) is 0 Å². The predicted molar refractivity (Wildman–Crippen MR) is 70.5 cm³/mol. The van der Waals surface area contributed by atoms with Crippen LogP contribution in [-0.4, -0.2) is 5.91 Å². The number of aryl methyl sites for hydroxylation is 2. The SMILES string of the molecule is Cc1cc(CNC(=O)c2ccc(C#N)cc2)c(C)o1. The third kappa shape index (κ3) is 3.02. The van der Waals surface area contributed by atoms with E-state index in [0.29, 0.717) is 17.7 Å². The predicted octanol–water partition coefficient (Wildman–Crippen LogP) is 2.70. The molecule has 1 heterocycles. The standard InChI is InChI=1S/C15H14N2O2/c1-10-7-14(11(2)19-10)9-17-15(18)13-5-3-12(8-16)4-6-13/h3-7H,9H2,1-2H3,(H,17,18). The molecule has 1 aromatic heterocycles. The molecule has 0 unspecified atom stereocenters. The van der Waals surface area contributed by atoms with E-state index in [2.05, 4.69) is 5.32 Å². The van der Waals surface area contributed by atoms with E-state index in [1.807, 2.05) is 26.0 Å². The normalized spacial score (nSPS) is 9.95. The zero-order chi connectivity index (χ0) is 13.8. The number of carbonyl (C=O) groups excluding carboxylic acids is 1. The second kappa shape index (κ2) is 5.40. The van der Waals surface area contributed by atoms with E-state index in [-0.39, 0.29) is 5.91 Å². The van der Waals surface area contributed by atoms with Crippen molar-refractivity contribution in [1.29, 1.82) is 5.26 Å². The molecule has 4 nitrogen and oxygen atoms in total. The van der Waals surface area contributed by atoms with Crippen molar-refractivity contribution < 1.29 is 9.21 Å². The summed E-state index contributed by atoms with van der Waals surface area (Å²) < 4.78 is 5.40. The van der Waals surface area contributed by atoms with Gasteiger partial charge in [-0.2, -0.15) is 5.26 Å². The van der Waals surface area contributed by atoms with Gasteiger partial charge in [0, 0.05) is 17.7 Å². The number of nitrogens with one attached hydrogen (secondary N) is 1. The Kier molecular flexibility index (Phi) is 3.67. The molecule has 1 N–H and O–H groups in total. The van der Waals surface area contributed by atoms with E-state index in [1.54, 1.807) is 24.3 Å². The van der Waals surface area contributed by atoms with E-state index in [9.17, 15) is 4.79 Å². The van der Waals surface area contributed by atoms with E-state index in [1.165, 1.54) is 0 Å². The third-order valence-corrected chi connectivity index (χ3v) is 2.86. The highest BCUT2D eigenvalue weighted by Crippen LogP contribution is 2.13. The van der Waals surface area contributed by atoms with Crippen LogP contribution in [0.3, 0.4) is 0 Å². The second-order valence-corrected chi connectivity index (χ2v) is 4.31. The zero-order valence-corrected chi connectivity index (χ0v) is 10.9. The quantitative estimate of drug-likeness (QED) is 0.915. The minimum atomic E-state index is -0.164. The Balaban J connectivity index is 2.01. The maximum atomic E-state index is 11.9. The average molecular weight is 254 g/mol. The Bertz CT molecular complexity index is 633. The number of hydrogen-bond acceptors (Lipinski definition) is 3. The largest absolute Gasteiger partial charge is 0.466 e. The van der Waals surface area contributed by atoms with Crippen LogP contribution in [0.2, 0.25) is 0 Å². The molecule has 0 aliphatic heterocycles. The van der Waals surface area contributed by atoms with E-state index >= 15 is 0 Å². The van der Waals surface area contributed by atoms with Gasteiger partial charge >= 0.3 is 0 Å². The Morgan fingerprint density at radius 2 is 2.00 bits per heavy atom. The molecule has 0 spiro atoms. The van der Waals surface area contributed by atoms with Gasteiger partial charge in [0.25, 0.3) is 5.91 Å². The Morgan fingerprint density at radius 3 is 2.53 bits per heavy atom. The van der Waals surface area contributed by atoms with E-state index in [0.717, 1.165) is 17.1 Å². The fourth-order valence-electron chi connectivity index (χ4n) is 1.83. The lowest BCUT2D eigenvalue weighted by Gasteiger charge is -2.04. The summed E-state index contributed by atoms with van der Waals surface area (Å²) in [4.78, 5) is 11.9. The van der Waals surface area contributed by atoms with Gasteiger partial charge in [-0.05, 0) is 44.2 Å². The molecule has 1 aromatic carbocycles. The topological polar surface area (TPSA) is 66.0 Å². The van der Waals surface area contributed by atoms with Crippen molar-refractivity contribution in [2.45, 2.75) is 20.4 Å². The van der Waals surface area contributed by atoms with Gasteiger partial charge in [0.15, 0.2) is 0 Å². The Hall–Kier alpha value is -2.54. The van der Waals surface area contributed by atoms with Crippen LogP contribution in [0.15, 0.2) is 34.7 Å². The lowest BCUT2D eigenvalue weighted by molar-refractivity contribution is 0.0951. The maximum absolute atomic E-state index is 11.9. The summed E-state index contributed by atoms with van der Waals surface area (Å²) in [6.07, 6.45) is 0. The molecule has 2 aromatic rings. The van der Waals surface area contributed by atoms with Crippen molar-refractivity contribution in [3.8, 4) is 6.07 Å².